The van der Waals surface area contributed by atoms with Gasteiger partial charge in [0, 0.05) is 36.3 Å². The molecule has 0 spiro atoms. The van der Waals surface area contributed by atoms with E-state index in [9.17, 15) is 18.0 Å². The van der Waals surface area contributed by atoms with E-state index >= 15 is 0 Å². The van der Waals surface area contributed by atoms with Gasteiger partial charge in [0.05, 0.1) is 17.8 Å². The molecular formula is C26H29ClF3N5O. The number of anilines is 2. The maximum Gasteiger partial charge on any atom is 0.416 e. The molecule has 3 rings (SSSR count). The lowest BCUT2D eigenvalue weighted by atomic mass is 10.0. The van der Waals surface area contributed by atoms with Gasteiger partial charge < -0.3 is 16.0 Å². The van der Waals surface area contributed by atoms with Crippen LogP contribution in [-0.4, -0.2) is 27.3 Å². The average Bonchev–Trinajstić information content (AvgIpc) is 2.83. The first-order valence-corrected chi connectivity index (χ1v) is 12.0. The van der Waals surface area contributed by atoms with Crippen LogP contribution < -0.4 is 11.1 Å². The van der Waals surface area contributed by atoms with Crippen LogP contribution in [0.2, 0.25) is 5.28 Å². The Labute approximate surface area is 213 Å². The van der Waals surface area contributed by atoms with Crippen LogP contribution in [0.1, 0.15) is 49.1 Å². The molecular weight excluding hydrogens is 491 g/mol. The number of carbonyl (C=O) groups is 1. The molecule has 0 fully saturated rings. The van der Waals surface area contributed by atoms with Crippen molar-refractivity contribution in [2.75, 3.05) is 17.6 Å². The summed E-state index contributed by atoms with van der Waals surface area (Å²) in [4.78, 5) is 23.6. The van der Waals surface area contributed by atoms with E-state index in [0.29, 0.717) is 41.2 Å². The highest BCUT2D eigenvalue weighted by Gasteiger charge is 2.31. The summed E-state index contributed by atoms with van der Waals surface area (Å²) >= 11 is 6.12. The lowest BCUT2D eigenvalue weighted by Crippen LogP contribution is -2.37. The number of nitrogen functional groups attached to an aromatic ring is 1. The largest absolute Gasteiger partial charge is 0.416 e. The van der Waals surface area contributed by atoms with Crippen LogP contribution in [0.3, 0.4) is 0 Å². The number of benzene rings is 1. The molecule has 2 aromatic rings. The number of allylic oxidation sites excluding steroid dienone is 4. The zero-order valence-electron chi connectivity index (χ0n) is 20.2. The van der Waals surface area contributed by atoms with E-state index < -0.39 is 11.7 Å². The van der Waals surface area contributed by atoms with Crippen LogP contribution in [0.5, 0.6) is 0 Å². The third kappa shape index (κ3) is 7.10. The van der Waals surface area contributed by atoms with Gasteiger partial charge in [-0.05, 0) is 54.8 Å². The Kier molecular flexibility index (Phi) is 9.14. The van der Waals surface area contributed by atoms with Gasteiger partial charge in [-0.15, -0.1) is 0 Å². The quantitative estimate of drug-likeness (QED) is 0.191. The predicted molar refractivity (Wildman–Crippen MR) is 136 cm³/mol. The topological polar surface area (TPSA) is 84.1 Å². The summed E-state index contributed by atoms with van der Waals surface area (Å²) in [6, 6.07) is 3.40. The Bertz CT molecular complexity index is 1190. The van der Waals surface area contributed by atoms with Crippen molar-refractivity contribution in [2.45, 2.75) is 52.4 Å². The molecule has 2 heterocycles. The molecule has 0 bridgehead atoms. The number of alkyl halides is 3. The first-order chi connectivity index (χ1) is 17.1. The summed E-state index contributed by atoms with van der Waals surface area (Å²) in [6.07, 6.45) is 6.95. The normalized spacial score (nSPS) is 14.5. The van der Waals surface area contributed by atoms with Crippen molar-refractivity contribution in [1.82, 2.24) is 14.9 Å². The average molecular weight is 520 g/mol. The first kappa shape index (κ1) is 27.3. The van der Waals surface area contributed by atoms with Crippen molar-refractivity contribution in [2.24, 2.45) is 0 Å². The highest BCUT2D eigenvalue weighted by Crippen LogP contribution is 2.32. The second-order valence-corrected chi connectivity index (χ2v) is 8.73. The molecule has 1 aromatic heterocycles. The van der Waals surface area contributed by atoms with Gasteiger partial charge in [-0.25, -0.2) is 9.97 Å². The second kappa shape index (κ2) is 12.1. The Balaban J connectivity index is 1.84. The summed E-state index contributed by atoms with van der Waals surface area (Å²) in [6.45, 7) is 4.69. The third-order valence-corrected chi connectivity index (χ3v) is 5.77. The van der Waals surface area contributed by atoms with Crippen molar-refractivity contribution >= 4 is 29.0 Å². The Morgan fingerprint density at radius 3 is 2.72 bits per heavy atom. The number of hydrogen-bond acceptors (Lipinski definition) is 5. The van der Waals surface area contributed by atoms with E-state index in [1.807, 2.05) is 38.2 Å². The van der Waals surface area contributed by atoms with Crippen molar-refractivity contribution in [1.29, 1.82) is 0 Å². The zero-order chi connectivity index (χ0) is 26.3. The van der Waals surface area contributed by atoms with E-state index in [-0.39, 0.29) is 30.0 Å². The fraction of sp³-hybridized carbons (Fsp3) is 0.346. The van der Waals surface area contributed by atoms with Gasteiger partial charge in [0.25, 0.3) is 5.91 Å². The van der Waals surface area contributed by atoms with E-state index in [1.165, 1.54) is 6.07 Å². The summed E-state index contributed by atoms with van der Waals surface area (Å²) in [5.74, 6) is 0.267. The Hall–Kier alpha value is -3.33. The van der Waals surface area contributed by atoms with Gasteiger partial charge in [-0.3, -0.25) is 4.79 Å². The number of carbonyl (C=O) groups excluding carboxylic acids is 1. The summed E-state index contributed by atoms with van der Waals surface area (Å²) in [7, 11) is 0. The van der Waals surface area contributed by atoms with E-state index in [4.69, 9.17) is 17.3 Å². The predicted octanol–water partition coefficient (Wildman–Crippen LogP) is 6.09. The Morgan fingerprint density at radius 2 is 2.03 bits per heavy atom. The smallest absolute Gasteiger partial charge is 0.399 e. The highest BCUT2D eigenvalue weighted by molar-refractivity contribution is 6.28. The number of unbranched alkanes of at least 4 members (excludes halogenated alkanes) is 1. The number of nitrogens with two attached hydrogens (primary N) is 1. The number of rotatable bonds is 8. The molecule has 1 aliphatic rings. The Morgan fingerprint density at radius 1 is 1.25 bits per heavy atom. The first-order valence-electron chi connectivity index (χ1n) is 11.7. The monoisotopic (exact) mass is 519 g/mol. The number of nitrogens with one attached hydrogen (secondary N) is 1. The number of aromatic nitrogens is 2. The molecule has 10 heteroatoms. The van der Waals surface area contributed by atoms with Crippen LogP contribution >= 0.6 is 11.6 Å². The lowest BCUT2D eigenvalue weighted by Gasteiger charge is -2.30. The van der Waals surface area contributed by atoms with E-state index in [1.54, 1.807) is 11.0 Å². The highest BCUT2D eigenvalue weighted by atomic mass is 35.5. The molecule has 0 saturated heterocycles. The minimum Gasteiger partial charge on any atom is -0.399 e. The second-order valence-electron chi connectivity index (χ2n) is 8.39. The van der Waals surface area contributed by atoms with Crippen LogP contribution in [0.25, 0.3) is 0 Å². The molecule has 0 aliphatic carbocycles. The molecule has 1 amide bonds. The lowest BCUT2D eigenvalue weighted by molar-refractivity contribution is -0.137. The van der Waals surface area contributed by atoms with Gasteiger partial charge in [0.15, 0.2) is 0 Å². The molecule has 0 radical (unpaired) electrons. The van der Waals surface area contributed by atoms with E-state index in [2.05, 4.69) is 15.3 Å². The molecule has 1 aliphatic heterocycles. The minimum absolute atomic E-state index is 0.0125. The molecule has 3 N–H and O–H groups in total. The minimum atomic E-state index is -4.51. The van der Waals surface area contributed by atoms with Crippen LogP contribution in [0.4, 0.5) is 24.7 Å². The van der Waals surface area contributed by atoms with Crippen LogP contribution in [0, 0.1) is 0 Å². The maximum absolute atomic E-state index is 13.3. The third-order valence-electron chi connectivity index (χ3n) is 5.60. The standard InChI is InChI=1S/C26H29ClF3N5O/c1-3-5-7-9-18(8-6-4-2)24(36)35-11-10-22-21(16-35)23(34-25(27)33-22)32-15-17-12-19(26(28,29)30)14-20(31)13-17/h3,5,7-9,12-14H,4,6,10-11,15-16,31H2,1-2H3,(H,32,33,34)/b5-3-,9-7-,18-8-. The molecule has 6 nitrogen and oxygen atoms in total. The van der Waals surface area contributed by atoms with Gasteiger partial charge in [-0.1, -0.05) is 37.6 Å². The van der Waals surface area contributed by atoms with Gasteiger partial charge >= 0.3 is 6.18 Å². The summed E-state index contributed by atoms with van der Waals surface area (Å²) in [5, 5.41) is 3.09. The maximum atomic E-state index is 13.3. The number of fused-ring (bicyclic) bond motifs is 1. The molecule has 192 valence electrons. The molecule has 0 unspecified atom stereocenters. The SMILES string of the molecule is C\C=C/C=C\C(=C\CCC)C(=O)N1CCc2nc(Cl)nc(NCc3cc(N)cc(C(F)(F)F)c3)c2C1. The zero-order valence-corrected chi connectivity index (χ0v) is 21.0. The van der Waals surface area contributed by atoms with Crippen molar-refractivity contribution < 1.29 is 18.0 Å². The van der Waals surface area contributed by atoms with Crippen LogP contribution in [-0.2, 0) is 30.5 Å². The fourth-order valence-electron chi connectivity index (χ4n) is 3.85. The summed E-state index contributed by atoms with van der Waals surface area (Å²) < 4.78 is 39.6. The molecule has 36 heavy (non-hydrogen) atoms. The van der Waals surface area contributed by atoms with Crippen molar-refractivity contribution in [3.63, 3.8) is 0 Å². The van der Waals surface area contributed by atoms with Gasteiger partial charge in [-0.2, -0.15) is 13.2 Å². The van der Waals surface area contributed by atoms with Crippen molar-refractivity contribution in [3.05, 3.63) is 81.8 Å². The fourth-order valence-corrected chi connectivity index (χ4v) is 4.04. The van der Waals surface area contributed by atoms with Gasteiger partial charge in [0.1, 0.15) is 5.82 Å². The van der Waals surface area contributed by atoms with E-state index in [0.717, 1.165) is 25.0 Å². The molecule has 1 aromatic carbocycles. The number of nitrogens with zero attached hydrogens (tertiary/aromatic N) is 3. The summed E-state index contributed by atoms with van der Waals surface area (Å²) in [5.41, 5.74) is 7.20. The molecule has 0 atom stereocenters. The van der Waals surface area contributed by atoms with Gasteiger partial charge in [0.2, 0.25) is 5.28 Å². The van der Waals surface area contributed by atoms with Crippen LogP contribution in [0.15, 0.2) is 54.2 Å². The molecule has 0 saturated carbocycles. The number of halogens is 4. The van der Waals surface area contributed by atoms with Crippen molar-refractivity contribution in [3.8, 4) is 0 Å². The number of amides is 1. The number of hydrogen-bond donors (Lipinski definition) is 2.